The van der Waals surface area contributed by atoms with Crippen molar-refractivity contribution in [3.8, 4) is 0 Å². The molecular formula is C9H14F6N4O4S2. The number of nitrogens with one attached hydrogen (secondary N) is 2. The molecule has 1 unspecified atom stereocenters. The van der Waals surface area contributed by atoms with Crippen LogP contribution in [0.1, 0.15) is 6.92 Å². The van der Waals surface area contributed by atoms with Crippen molar-refractivity contribution < 1.29 is 43.2 Å². The fraction of sp³-hybridized carbons (Fsp3) is 0.778. The van der Waals surface area contributed by atoms with Gasteiger partial charge in [-0.2, -0.15) is 31.1 Å². The molecule has 1 heterocycles. The Hall–Kier alpha value is -1.26. The van der Waals surface area contributed by atoms with E-state index in [1.165, 1.54) is 26.7 Å². The zero-order chi connectivity index (χ0) is 19.7. The monoisotopic (exact) mass is 420 g/mol. The summed E-state index contributed by atoms with van der Waals surface area (Å²) in [6.07, 6.45) is 2.46. The van der Waals surface area contributed by atoms with Gasteiger partial charge in [-0.05, 0) is 6.92 Å². The van der Waals surface area contributed by atoms with E-state index in [0.717, 1.165) is 11.8 Å². The summed E-state index contributed by atoms with van der Waals surface area (Å²) in [5, 5.41) is 0. The van der Waals surface area contributed by atoms with Crippen LogP contribution in [-0.2, 0) is 20.0 Å². The van der Waals surface area contributed by atoms with Crippen molar-refractivity contribution in [1.82, 2.24) is 19.2 Å². The highest BCUT2D eigenvalue weighted by Crippen LogP contribution is 2.23. The zero-order valence-electron chi connectivity index (χ0n) is 12.5. The van der Waals surface area contributed by atoms with Crippen LogP contribution >= 0.6 is 0 Å². The SMILES string of the molecule is CC(CN1C=CN(CNS(=O)(=O)C(F)(F)F)C1)NS(=O)(=O)C(F)(F)F. The first-order valence-corrected chi connectivity index (χ1v) is 9.33. The van der Waals surface area contributed by atoms with Crippen LogP contribution in [0, 0.1) is 0 Å². The van der Waals surface area contributed by atoms with E-state index in [1.807, 2.05) is 0 Å². The lowest BCUT2D eigenvalue weighted by molar-refractivity contribution is -0.0457. The molecule has 0 aromatic rings. The highest BCUT2D eigenvalue weighted by atomic mass is 32.2. The van der Waals surface area contributed by atoms with E-state index >= 15 is 0 Å². The third-order valence-electron chi connectivity index (χ3n) is 2.78. The Morgan fingerprint density at radius 3 is 1.92 bits per heavy atom. The normalized spacial score (nSPS) is 18.0. The molecule has 16 heteroatoms. The third-order valence-corrected chi connectivity index (χ3v) is 5.22. The summed E-state index contributed by atoms with van der Waals surface area (Å²) in [5.74, 6) is 0. The van der Waals surface area contributed by atoms with Gasteiger partial charge in [0.2, 0.25) is 0 Å². The second kappa shape index (κ2) is 7.16. The first kappa shape index (κ1) is 21.8. The molecule has 0 saturated carbocycles. The van der Waals surface area contributed by atoms with E-state index in [9.17, 15) is 43.2 Å². The van der Waals surface area contributed by atoms with Gasteiger partial charge in [-0.3, -0.25) is 0 Å². The molecule has 2 N–H and O–H groups in total. The fourth-order valence-corrected chi connectivity index (χ4v) is 2.95. The number of sulfonamides is 2. The van der Waals surface area contributed by atoms with Crippen LogP contribution in [0.25, 0.3) is 0 Å². The Balaban J connectivity index is 2.50. The number of alkyl halides is 6. The fourth-order valence-electron chi connectivity index (χ4n) is 1.71. The molecular weight excluding hydrogens is 406 g/mol. The van der Waals surface area contributed by atoms with Crippen LogP contribution in [0.3, 0.4) is 0 Å². The van der Waals surface area contributed by atoms with Crippen molar-refractivity contribution in [2.24, 2.45) is 0 Å². The molecule has 0 amide bonds. The zero-order valence-corrected chi connectivity index (χ0v) is 14.1. The topological polar surface area (TPSA) is 98.8 Å². The molecule has 0 bridgehead atoms. The van der Waals surface area contributed by atoms with Gasteiger partial charge in [-0.15, -0.1) is 0 Å². The molecule has 0 aliphatic carbocycles. The molecule has 0 radical (unpaired) electrons. The first-order chi connectivity index (χ1) is 11.1. The average Bonchev–Trinajstić information content (AvgIpc) is 2.80. The first-order valence-electron chi connectivity index (χ1n) is 6.36. The van der Waals surface area contributed by atoms with E-state index < -0.39 is 43.8 Å². The van der Waals surface area contributed by atoms with Crippen molar-refractivity contribution in [3.05, 3.63) is 12.4 Å². The molecule has 1 atom stereocenters. The number of halogens is 6. The Morgan fingerprint density at radius 1 is 0.960 bits per heavy atom. The van der Waals surface area contributed by atoms with Crippen LogP contribution in [0.4, 0.5) is 26.3 Å². The summed E-state index contributed by atoms with van der Waals surface area (Å²) in [7, 11) is -11.1. The highest BCUT2D eigenvalue weighted by molar-refractivity contribution is 7.90. The maximum Gasteiger partial charge on any atom is 0.511 e. The lowest BCUT2D eigenvalue weighted by Crippen LogP contribution is -2.46. The molecule has 1 aliphatic heterocycles. The van der Waals surface area contributed by atoms with Crippen LogP contribution in [0.2, 0.25) is 0 Å². The van der Waals surface area contributed by atoms with E-state index in [2.05, 4.69) is 0 Å². The van der Waals surface area contributed by atoms with E-state index in [1.54, 1.807) is 0 Å². The lowest BCUT2D eigenvalue weighted by atomic mass is 10.3. The summed E-state index contributed by atoms with van der Waals surface area (Å²) in [6, 6.07) is -1.16. The van der Waals surface area contributed by atoms with Gasteiger partial charge in [0.15, 0.2) is 0 Å². The Bertz CT molecular complexity index is 703. The van der Waals surface area contributed by atoms with Crippen molar-refractivity contribution >= 4 is 20.0 Å². The van der Waals surface area contributed by atoms with Crippen molar-refractivity contribution in [2.75, 3.05) is 19.9 Å². The maximum atomic E-state index is 12.2. The molecule has 0 aromatic carbocycles. The average molecular weight is 420 g/mol. The molecule has 148 valence electrons. The van der Waals surface area contributed by atoms with Gasteiger partial charge in [0.05, 0.1) is 13.3 Å². The summed E-state index contributed by atoms with van der Waals surface area (Å²) < 4.78 is 119. The number of hydrogen-bond acceptors (Lipinski definition) is 6. The molecule has 25 heavy (non-hydrogen) atoms. The predicted octanol–water partition coefficient (Wildman–Crippen LogP) is 0.257. The number of rotatable bonds is 7. The second-order valence-electron chi connectivity index (χ2n) is 5.02. The van der Waals surface area contributed by atoms with Gasteiger partial charge in [0.1, 0.15) is 0 Å². The second-order valence-corrected chi connectivity index (χ2v) is 8.48. The summed E-state index contributed by atoms with van der Waals surface area (Å²) in [6.45, 7) is 0.0520. The minimum atomic E-state index is -5.53. The minimum Gasteiger partial charge on any atom is -0.357 e. The van der Waals surface area contributed by atoms with E-state index in [4.69, 9.17) is 0 Å². The van der Waals surface area contributed by atoms with E-state index in [0.29, 0.717) is 0 Å². The van der Waals surface area contributed by atoms with Crippen molar-refractivity contribution in [2.45, 2.75) is 24.0 Å². The van der Waals surface area contributed by atoms with Gasteiger partial charge in [-0.25, -0.2) is 21.6 Å². The molecule has 1 aliphatic rings. The standard InChI is InChI=1S/C9H14F6N4O4S2/c1-7(17-25(22,23)9(13,14)15)4-18-2-3-19(6-18)5-16-24(20,21)8(10,11)12/h2-3,7,16-17H,4-6H2,1H3. The maximum absolute atomic E-state index is 12.2. The third kappa shape index (κ3) is 5.89. The lowest BCUT2D eigenvalue weighted by Gasteiger charge is -2.25. The number of nitrogens with zero attached hydrogens (tertiary/aromatic N) is 2. The molecule has 0 aromatic heterocycles. The summed E-state index contributed by atoms with van der Waals surface area (Å²) in [5.41, 5.74) is -10.9. The van der Waals surface area contributed by atoms with Crippen molar-refractivity contribution in [1.29, 1.82) is 0 Å². The molecule has 0 spiro atoms. The van der Waals surface area contributed by atoms with Gasteiger partial charge in [-0.1, -0.05) is 0 Å². The Kier molecular flexibility index (Phi) is 6.24. The van der Waals surface area contributed by atoms with Gasteiger partial charge in [0.25, 0.3) is 0 Å². The predicted molar refractivity (Wildman–Crippen MR) is 73.1 cm³/mol. The molecule has 0 saturated heterocycles. The van der Waals surface area contributed by atoms with Gasteiger partial charge >= 0.3 is 31.1 Å². The van der Waals surface area contributed by atoms with Crippen LogP contribution in [0.15, 0.2) is 12.4 Å². The molecule has 0 fully saturated rings. The van der Waals surface area contributed by atoms with Gasteiger partial charge in [0, 0.05) is 25.0 Å². The summed E-state index contributed by atoms with van der Waals surface area (Å²) in [4.78, 5) is 2.37. The quantitative estimate of drug-likeness (QED) is 0.574. The van der Waals surface area contributed by atoms with Gasteiger partial charge < -0.3 is 9.80 Å². The van der Waals surface area contributed by atoms with Crippen LogP contribution in [-0.4, -0.2) is 63.6 Å². The van der Waals surface area contributed by atoms with Crippen LogP contribution < -0.4 is 9.44 Å². The Morgan fingerprint density at radius 2 is 1.44 bits per heavy atom. The minimum absolute atomic E-state index is 0.154. The summed E-state index contributed by atoms with van der Waals surface area (Å²) >= 11 is 0. The Labute approximate surface area is 139 Å². The number of hydrogen-bond donors (Lipinski definition) is 2. The van der Waals surface area contributed by atoms with Crippen LogP contribution in [0.5, 0.6) is 0 Å². The molecule has 8 nitrogen and oxygen atoms in total. The largest absolute Gasteiger partial charge is 0.511 e. The highest BCUT2D eigenvalue weighted by Gasteiger charge is 2.47. The molecule has 1 rings (SSSR count). The smallest absolute Gasteiger partial charge is 0.357 e. The van der Waals surface area contributed by atoms with Crippen molar-refractivity contribution in [3.63, 3.8) is 0 Å². The van der Waals surface area contributed by atoms with E-state index in [-0.39, 0.29) is 13.2 Å².